The summed E-state index contributed by atoms with van der Waals surface area (Å²) in [7, 11) is 0. The van der Waals surface area contributed by atoms with Gasteiger partial charge in [0.25, 0.3) is 11.8 Å². The van der Waals surface area contributed by atoms with Crippen LogP contribution in [0.3, 0.4) is 0 Å². The maximum Gasteiger partial charge on any atom is 0.282 e. The molecule has 30 heavy (non-hydrogen) atoms. The summed E-state index contributed by atoms with van der Waals surface area (Å²) < 4.78 is 0. The van der Waals surface area contributed by atoms with Gasteiger partial charge in [0.05, 0.1) is 11.3 Å². The lowest BCUT2D eigenvalue weighted by Gasteiger charge is -2.29. The van der Waals surface area contributed by atoms with Gasteiger partial charge in [-0.2, -0.15) is 0 Å². The van der Waals surface area contributed by atoms with Gasteiger partial charge in [-0.3, -0.25) is 14.4 Å². The number of imide groups is 1. The smallest absolute Gasteiger partial charge is 0.282 e. The lowest BCUT2D eigenvalue weighted by Crippen LogP contribution is -2.37. The third-order valence-electron chi connectivity index (χ3n) is 5.52. The van der Waals surface area contributed by atoms with Gasteiger partial charge in [0.2, 0.25) is 5.91 Å². The Labute approximate surface area is 176 Å². The van der Waals surface area contributed by atoms with Crippen LogP contribution in [0.1, 0.15) is 37.3 Å². The molecule has 0 spiro atoms. The highest BCUT2D eigenvalue weighted by atomic mass is 16.2. The molecule has 0 atom stereocenters. The largest absolute Gasteiger partial charge is 0.366 e. The molecule has 6 heteroatoms. The van der Waals surface area contributed by atoms with Gasteiger partial charge < -0.3 is 10.2 Å². The SMILES string of the molecule is CC(=O)Nc1ccc(C2=C(N3CCCCC3)C(=O)N(c3ccc(C)cc3)C2=O)cc1. The summed E-state index contributed by atoms with van der Waals surface area (Å²) >= 11 is 0. The Morgan fingerprint density at radius 3 is 2.10 bits per heavy atom. The molecule has 1 saturated heterocycles. The number of nitrogens with one attached hydrogen (secondary N) is 1. The zero-order valence-electron chi connectivity index (χ0n) is 17.3. The topological polar surface area (TPSA) is 69.7 Å². The Balaban J connectivity index is 1.76. The molecule has 3 amide bonds. The molecular formula is C24H25N3O3. The number of carbonyl (C=O) groups excluding carboxylic acids is 3. The minimum Gasteiger partial charge on any atom is -0.366 e. The fraction of sp³-hybridized carbons (Fsp3) is 0.292. The molecule has 4 rings (SSSR count). The van der Waals surface area contributed by atoms with E-state index in [0.29, 0.717) is 28.2 Å². The van der Waals surface area contributed by atoms with Crippen LogP contribution in [0.15, 0.2) is 54.2 Å². The van der Waals surface area contributed by atoms with Crippen molar-refractivity contribution in [2.45, 2.75) is 33.1 Å². The molecule has 0 bridgehead atoms. The van der Waals surface area contributed by atoms with E-state index in [1.54, 1.807) is 24.3 Å². The number of rotatable bonds is 4. The van der Waals surface area contributed by atoms with E-state index in [0.717, 1.165) is 37.9 Å². The Kier molecular flexibility index (Phi) is 5.40. The second kappa shape index (κ2) is 8.14. The molecule has 2 aliphatic rings. The fourth-order valence-corrected chi connectivity index (χ4v) is 4.04. The highest BCUT2D eigenvalue weighted by Crippen LogP contribution is 2.36. The minimum absolute atomic E-state index is 0.159. The van der Waals surface area contributed by atoms with Crippen molar-refractivity contribution in [3.63, 3.8) is 0 Å². The Morgan fingerprint density at radius 2 is 1.50 bits per heavy atom. The lowest BCUT2D eigenvalue weighted by molar-refractivity contribution is -0.121. The number of hydrogen-bond donors (Lipinski definition) is 1. The molecule has 0 aliphatic carbocycles. The number of nitrogens with zero attached hydrogens (tertiary/aromatic N) is 2. The van der Waals surface area contributed by atoms with E-state index in [1.165, 1.54) is 11.8 Å². The average Bonchev–Trinajstić information content (AvgIpc) is 3.00. The number of carbonyl (C=O) groups is 3. The van der Waals surface area contributed by atoms with Gasteiger partial charge in [0, 0.05) is 25.7 Å². The number of likely N-dealkylation sites (tertiary alicyclic amines) is 1. The van der Waals surface area contributed by atoms with Crippen LogP contribution in [-0.2, 0) is 14.4 Å². The summed E-state index contributed by atoms with van der Waals surface area (Å²) in [6, 6.07) is 14.5. The fourth-order valence-electron chi connectivity index (χ4n) is 4.04. The molecule has 0 aromatic heterocycles. The quantitative estimate of drug-likeness (QED) is 0.790. The number of anilines is 2. The van der Waals surface area contributed by atoms with E-state index in [2.05, 4.69) is 10.2 Å². The number of piperidine rings is 1. The molecule has 2 aliphatic heterocycles. The Bertz CT molecular complexity index is 1020. The molecule has 0 radical (unpaired) electrons. The van der Waals surface area contributed by atoms with Crippen LogP contribution in [-0.4, -0.2) is 35.7 Å². The lowest BCUT2D eigenvalue weighted by atomic mass is 10.0. The second-order valence-corrected chi connectivity index (χ2v) is 7.81. The third kappa shape index (κ3) is 3.73. The summed E-state index contributed by atoms with van der Waals surface area (Å²) in [5.74, 6) is -0.739. The number of aryl methyl sites for hydroxylation is 1. The van der Waals surface area contributed by atoms with E-state index in [9.17, 15) is 14.4 Å². The first kappa shape index (κ1) is 19.9. The zero-order valence-corrected chi connectivity index (χ0v) is 17.3. The summed E-state index contributed by atoms with van der Waals surface area (Å²) in [5.41, 5.74) is 3.88. The van der Waals surface area contributed by atoms with Crippen molar-refractivity contribution in [2.24, 2.45) is 0 Å². The first-order valence-corrected chi connectivity index (χ1v) is 10.3. The van der Waals surface area contributed by atoms with Crippen molar-refractivity contribution in [1.82, 2.24) is 4.90 Å². The van der Waals surface area contributed by atoms with Crippen molar-refractivity contribution in [3.8, 4) is 0 Å². The van der Waals surface area contributed by atoms with Gasteiger partial charge in [-0.15, -0.1) is 0 Å². The minimum atomic E-state index is -0.309. The van der Waals surface area contributed by atoms with Crippen LogP contribution in [0.2, 0.25) is 0 Å². The number of amides is 3. The molecular weight excluding hydrogens is 378 g/mol. The van der Waals surface area contributed by atoms with E-state index in [1.807, 2.05) is 31.2 Å². The molecule has 2 aromatic carbocycles. The normalized spacial score (nSPS) is 17.0. The predicted octanol–water partition coefficient (Wildman–Crippen LogP) is 3.72. The maximum absolute atomic E-state index is 13.5. The van der Waals surface area contributed by atoms with E-state index >= 15 is 0 Å². The molecule has 0 unspecified atom stereocenters. The van der Waals surface area contributed by atoms with Gasteiger partial charge in [0.1, 0.15) is 5.70 Å². The Morgan fingerprint density at radius 1 is 0.867 bits per heavy atom. The van der Waals surface area contributed by atoms with E-state index < -0.39 is 0 Å². The summed E-state index contributed by atoms with van der Waals surface area (Å²) in [6.45, 7) is 4.95. The third-order valence-corrected chi connectivity index (χ3v) is 5.52. The molecule has 2 aromatic rings. The molecule has 0 saturated carbocycles. The predicted molar refractivity (Wildman–Crippen MR) is 117 cm³/mol. The van der Waals surface area contributed by atoms with Crippen molar-refractivity contribution in [1.29, 1.82) is 0 Å². The first-order valence-electron chi connectivity index (χ1n) is 10.3. The standard InChI is InChI=1S/C24H25N3O3/c1-16-6-12-20(13-7-16)27-23(29)21(18-8-10-19(11-9-18)25-17(2)28)22(24(27)30)26-14-4-3-5-15-26/h6-13H,3-5,14-15H2,1-2H3,(H,25,28). The van der Waals surface area contributed by atoms with E-state index in [-0.39, 0.29) is 17.7 Å². The van der Waals surface area contributed by atoms with Gasteiger partial charge in [0.15, 0.2) is 0 Å². The monoisotopic (exact) mass is 403 g/mol. The summed E-state index contributed by atoms with van der Waals surface area (Å²) in [4.78, 5) is 41.5. The summed E-state index contributed by atoms with van der Waals surface area (Å²) in [6.07, 6.45) is 3.14. The number of hydrogen-bond acceptors (Lipinski definition) is 4. The molecule has 6 nitrogen and oxygen atoms in total. The van der Waals surface area contributed by atoms with Crippen LogP contribution >= 0.6 is 0 Å². The highest BCUT2D eigenvalue weighted by molar-refractivity contribution is 6.45. The van der Waals surface area contributed by atoms with Crippen molar-refractivity contribution < 1.29 is 14.4 Å². The molecule has 154 valence electrons. The van der Waals surface area contributed by atoms with Gasteiger partial charge in [-0.05, 0) is 56.0 Å². The van der Waals surface area contributed by atoms with Crippen molar-refractivity contribution >= 4 is 34.7 Å². The number of benzene rings is 2. The van der Waals surface area contributed by atoms with Crippen LogP contribution in [0.4, 0.5) is 11.4 Å². The average molecular weight is 403 g/mol. The van der Waals surface area contributed by atoms with Crippen LogP contribution in [0.25, 0.3) is 5.57 Å². The zero-order chi connectivity index (χ0) is 21.3. The van der Waals surface area contributed by atoms with Gasteiger partial charge in [-0.25, -0.2) is 4.90 Å². The van der Waals surface area contributed by atoms with Crippen LogP contribution in [0.5, 0.6) is 0 Å². The van der Waals surface area contributed by atoms with Gasteiger partial charge in [-0.1, -0.05) is 29.8 Å². The van der Waals surface area contributed by atoms with Gasteiger partial charge >= 0.3 is 0 Å². The van der Waals surface area contributed by atoms with Crippen molar-refractivity contribution in [3.05, 3.63) is 65.4 Å². The van der Waals surface area contributed by atoms with Crippen molar-refractivity contribution in [2.75, 3.05) is 23.3 Å². The van der Waals surface area contributed by atoms with E-state index in [4.69, 9.17) is 0 Å². The first-order chi connectivity index (χ1) is 14.5. The Hall–Kier alpha value is -3.41. The summed E-state index contributed by atoms with van der Waals surface area (Å²) in [5, 5.41) is 2.73. The molecule has 1 N–H and O–H groups in total. The van der Waals surface area contributed by atoms with Crippen LogP contribution < -0.4 is 10.2 Å². The molecule has 2 heterocycles. The highest BCUT2D eigenvalue weighted by Gasteiger charge is 2.42. The molecule has 1 fully saturated rings. The second-order valence-electron chi connectivity index (χ2n) is 7.81. The van der Waals surface area contributed by atoms with Crippen LogP contribution in [0, 0.1) is 6.92 Å². The maximum atomic E-state index is 13.5.